The van der Waals surface area contributed by atoms with Crippen molar-refractivity contribution in [2.24, 2.45) is 0 Å². The average Bonchev–Trinajstić information content (AvgIpc) is 2.28. The molecule has 4 N–H and O–H groups in total. The molecule has 1 unspecified atom stereocenters. The fourth-order valence-electron chi connectivity index (χ4n) is 1.26. The molecule has 1 atom stereocenters. The molecule has 1 aromatic carbocycles. The summed E-state index contributed by atoms with van der Waals surface area (Å²) in [6, 6.07) is 3.55. The number of nitro benzene ring substituents is 1. The van der Waals surface area contributed by atoms with E-state index >= 15 is 0 Å². The molecule has 92 valence electrons. The van der Waals surface area contributed by atoms with Crippen LogP contribution < -0.4 is 11.1 Å². The van der Waals surface area contributed by atoms with E-state index < -0.39 is 16.9 Å². The van der Waals surface area contributed by atoms with Crippen LogP contribution in [0.25, 0.3) is 0 Å². The normalized spacial score (nSPS) is 11.9. The van der Waals surface area contributed by atoms with Crippen LogP contribution >= 0.6 is 0 Å². The molecule has 0 bridgehead atoms. The molecule has 0 aliphatic heterocycles. The molecule has 0 heterocycles. The van der Waals surface area contributed by atoms with Crippen molar-refractivity contribution >= 4 is 17.3 Å². The highest BCUT2D eigenvalue weighted by Crippen LogP contribution is 2.24. The van der Waals surface area contributed by atoms with Gasteiger partial charge in [-0.15, -0.1) is 0 Å². The predicted molar refractivity (Wildman–Crippen MR) is 61.5 cm³/mol. The fraction of sp³-hybridized carbons (Fsp3) is 0.300. The number of aliphatic hydroxyl groups is 1. The highest BCUT2D eigenvalue weighted by atomic mass is 16.6. The Balaban J connectivity index is 3.02. The minimum absolute atomic E-state index is 0.0273. The van der Waals surface area contributed by atoms with Gasteiger partial charge in [-0.05, 0) is 13.0 Å². The molecular weight excluding hydrogens is 226 g/mol. The van der Waals surface area contributed by atoms with Gasteiger partial charge in [-0.25, -0.2) is 0 Å². The molecule has 0 aliphatic rings. The van der Waals surface area contributed by atoms with Crippen LogP contribution in [0.4, 0.5) is 11.4 Å². The zero-order chi connectivity index (χ0) is 13.0. The number of anilines is 1. The number of rotatable bonds is 4. The second-order valence-corrected chi connectivity index (χ2v) is 3.55. The summed E-state index contributed by atoms with van der Waals surface area (Å²) in [6.45, 7) is 1.38. The van der Waals surface area contributed by atoms with Crippen LogP contribution in [0.1, 0.15) is 17.3 Å². The maximum absolute atomic E-state index is 11.7. The average molecular weight is 239 g/mol. The van der Waals surface area contributed by atoms with E-state index in [9.17, 15) is 14.9 Å². The summed E-state index contributed by atoms with van der Waals surface area (Å²) in [6.07, 6.45) is 0. The monoisotopic (exact) mass is 239 g/mol. The van der Waals surface area contributed by atoms with Crippen molar-refractivity contribution in [3.8, 4) is 0 Å². The standard InChI is InChI=1S/C10H13N3O4/c1-6(5-14)12-10(15)7-3-2-4-8(9(7)11)13(16)17/h2-4,6,14H,5,11H2,1H3,(H,12,15). The summed E-state index contributed by atoms with van der Waals surface area (Å²) < 4.78 is 0. The second-order valence-electron chi connectivity index (χ2n) is 3.55. The highest BCUT2D eigenvalue weighted by Gasteiger charge is 2.19. The lowest BCUT2D eigenvalue weighted by atomic mass is 10.1. The Labute approximate surface area is 97.4 Å². The van der Waals surface area contributed by atoms with Crippen LogP contribution in [-0.4, -0.2) is 28.6 Å². The van der Waals surface area contributed by atoms with Crippen LogP contribution in [-0.2, 0) is 0 Å². The first-order valence-electron chi connectivity index (χ1n) is 4.92. The van der Waals surface area contributed by atoms with Crippen LogP contribution in [0, 0.1) is 10.1 Å². The quantitative estimate of drug-likeness (QED) is 0.396. The summed E-state index contributed by atoms with van der Waals surface area (Å²) >= 11 is 0. The summed E-state index contributed by atoms with van der Waals surface area (Å²) in [5.41, 5.74) is 5.07. The summed E-state index contributed by atoms with van der Waals surface area (Å²) in [5.74, 6) is -0.548. The predicted octanol–water partition coefficient (Wildman–Crippen LogP) is 0.288. The maximum Gasteiger partial charge on any atom is 0.292 e. The largest absolute Gasteiger partial charge is 0.394 e. The van der Waals surface area contributed by atoms with Crippen molar-refractivity contribution in [2.75, 3.05) is 12.3 Å². The minimum Gasteiger partial charge on any atom is -0.394 e. The topological polar surface area (TPSA) is 118 Å². The van der Waals surface area contributed by atoms with Gasteiger partial charge in [0.1, 0.15) is 5.69 Å². The van der Waals surface area contributed by atoms with Gasteiger partial charge in [0.2, 0.25) is 0 Å². The molecule has 0 saturated carbocycles. The first-order chi connectivity index (χ1) is 7.97. The van der Waals surface area contributed by atoms with Gasteiger partial charge in [0.05, 0.1) is 17.1 Å². The molecule has 0 spiro atoms. The Bertz CT molecular complexity index is 447. The van der Waals surface area contributed by atoms with Gasteiger partial charge in [0.25, 0.3) is 11.6 Å². The molecule has 0 saturated heterocycles. The van der Waals surface area contributed by atoms with Crippen molar-refractivity contribution < 1.29 is 14.8 Å². The Hall–Kier alpha value is -2.15. The number of nitrogens with zero attached hydrogens (tertiary/aromatic N) is 1. The third kappa shape index (κ3) is 2.91. The number of benzene rings is 1. The molecule has 1 amide bonds. The van der Waals surface area contributed by atoms with E-state index in [2.05, 4.69) is 5.32 Å². The number of carbonyl (C=O) groups excluding carboxylic acids is 1. The number of hydrogen-bond acceptors (Lipinski definition) is 5. The van der Waals surface area contributed by atoms with E-state index in [1.807, 2.05) is 0 Å². The number of nitrogens with one attached hydrogen (secondary N) is 1. The number of carbonyl (C=O) groups is 1. The first kappa shape index (κ1) is 12.9. The van der Waals surface area contributed by atoms with Crippen LogP contribution in [0.5, 0.6) is 0 Å². The Morgan fingerprint density at radius 2 is 2.29 bits per heavy atom. The number of nitrogen functional groups attached to an aromatic ring is 1. The number of aliphatic hydroxyl groups excluding tert-OH is 1. The van der Waals surface area contributed by atoms with Crippen LogP contribution in [0.2, 0.25) is 0 Å². The third-order valence-corrected chi connectivity index (χ3v) is 2.18. The highest BCUT2D eigenvalue weighted by molar-refractivity contribution is 6.01. The molecule has 0 aromatic heterocycles. The third-order valence-electron chi connectivity index (χ3n) is 2.18. The lowest BCUT2D eigenvalue weighted by Crippen LogP contribution is -2.35. The van der Waals surface area contributed by atoms with Crippen molar-refractivity contribution in [3.63, 3.8) is 0 Å². The molecule has 1 aromatic rings. The van der Waals surface area contributed by atoms with Crippen molar-refractivity contribution in [3.05, 3.63) is 33.9 Å². The first-order valence-corrected chi connectivity index (χ1v) is 4.92. The number of para-hydroxylation sites is 1. The second kappa shape index (κ2) is 5.26. The lowest BCUT2D eigenvalue weighted by molar-refractivity contribution is -0.383. The van der Waals surface area contributed by atoms with Crippen LogP contribution in [0.15, 0.2) is 18.2 Å². The van der Waals surface area contributed by atoms with E-state index in [-0.39, 0.29) is 23.5 Å². The molecule has 7 heteroatoms. The molecule has 0 aliphatic carbocycles. The van der Waals surface area contributed by atoms with E-state index in [1.165, 1.54) is 18.2 Å². The SMILES string of the molecule is CC(CO)NC(=O)c1cccc([N+](=O)[O-])c1N. The Kier molecular flexibility index (Phi) is 4.00. The summed E-state index contributed by atoms with van der Waals surface area (Å²) in [4.78, 5) is 21.7. The van der Waals surface area contributed by atoms with E-state index in [4.69, 9.17) is 10.8 Å². The lowest BCUT2D eigenvalue weighted by Gasteiger charge is -2.11. The van der Waals surface area contributed by atoms with E-state index in [0.29, 0.717) is 0 Å². The van der Waals surface area contributed by atoms with E-state index in [1.54, 1.807) is 6.92 Å². The van der Waals surface area contributed by atoms with Crippen molar-refractivity contribution in [1.82, 2.24) is 5.32 Å². The van der Waals surface area contributed by atoms with Gasteiger partial charge in [-0.2, -0.15) is 0 Å². The minimum atomic E-state index is -0.651. The fourth-order valence-corrected chi connectivity index (χ4v) is 1.26. The molecule has 0 fully saturated rings. The molecule has 0 radical (unpaired) electrons. The van der Waals surface area contributed by atoms with Gasteiger partial charge in [-0.3, -0.25) is 14.9 Å². The van der Waals surface area contributed by atoms with Gasteiger partial charge in [-0.1, -0.05) is 6.07 Å². The van der Waals surface area contributed by atoms with Crippen molar-refractivity contribution in [2.45, 2.75) is 13.0 Å². The van der Waals surface area contributed by atoms with E-state index in [0.717, 1.165) is 0 Å². The van der Waals surface area contributed by atoms with Gasteiger partial charge >= 0.3 is 0 Å². The van der Waals surface area contributed by atoms with Gasteiger partial charge in [0.15, 0.2) is 0 Å². The zero-order valence-corrected chi connectivity index (χ0v) is 9.21. The molecule has 17 heavy (non-hydrogen) atoms. The maximum atomic E-state index is 11.7. The summed E-state index contributed by atoms with van der Waals surface area (Å²) in [5, 5.41) is 21.9. The van der Waals surface area contributed by atoms with Gasteiger partial charge in [0, 0.05) is 12.1 Å². The van der Waals surface area contributed by atoms with Crippen molar-refractivity contribution in [1.29, 1.82) is 0 Å². The summed E-state index contributed by atoms with van der Waals surface area (Å²) in [7, 11) is 0. The van der Waals surface area contributed by atoms with Crippen LogP contribution in [0.3, 0.4) is 0 Å². The number of amides is 1. The number of nitro groups is 1. The molecule has 1 rings (SSSR count). The Morgan fingerprint density at radius 3 is 2.82 bits per heavy atom. The Morgan fingerprint density at radius 1 is 1.65 bits per heavy atom. The molecular formula is C10H13N3O4. The zero-order valence-electron chi connectivity index (χ0n) is 9.21. The molecule has 7 nitrogen and oxygen atoms in total. The van der Waals surface area contributed by atoms with Gasteiger partial charge < -0.3 is 16.2 Å². The number of nitrogens with two attached hydrogens (primary N) is 1. The number of hydrogen-bond donors (Lipinski definition) is 3. The smallest absolute Gasteiger partial charge is 0.292 e.